The molecule has 4 nitrogen and oxygen atoms in total. The molecule has 1 unspecified atom stereocenters. The van der Waals surface area contributed by atoms with E-state index in [1.54, 1.807) is 0 Å². The lowest BCUT2D eigenvalue weighted by Gasteiger charge is -2.32. The van der Waals surface area contributed by atoms with Gasteiger partial charge in [0.2, 0.25) is 0 Å². The lowest BCUT2D eigenvalue weighted by Crippen LogP contribution is -2.48. The third kappa shape index (κ3) is 4.43. The Labute approximate surface area is 133 Å². The van der Waals surface area contributed by atoms with Gasteiger partial charge in [-0.3, -0.25) is 4.79 Å². The molecular formula is C16H25ClN2O2. The van der Waals surface area contributed by atoms with Gasteiger partial charge >= 0.3 is 0 Å². The molecule has 2 rings (SSSR count). The van der Waals surface area contributed by atoms with Crippen molar-refractivity contribution in [2.24, 2.45) is 5.73 Å². The number of hydrogen-bond donors (Lipinski definition) is 1. The molecule has 0 aromatic heterocycles. The van der Waals surface area contributed by atoms with Crippen molar-refractivity contribution < 1.29 is 9.53 Å². The average molecular weight is 313 g/mol. The number of nitrogens with two attached hydrogens (primary N) is 1. The minimum atomic E-state index is -0.0402. The topological polar surface area (TPSA) is 55.6 Å². The van der Waals surface area contributed by atoms with Gasteiger partial charge in [0.15, 0.2) is 0 Å². The van der Waals surface area contributed by atoms with Crippen LogP contribution >= 0.6 is 12.4 Å². The Hall–Kier alpha value is -1.10. The summed E-state index contributed by atoms with van der Waals surface area (Å²) in [4.78, 5) is 14.3. The molecule has 0 bridgehead atoms. The first kappa shape index (κ1) is 18.0. The van der Waals surface area contributed by atoms with E-state index in [1.165, 1.54) is 5.56 Å². The molecule has 5 heteroatoms. The molecule has 1 aromatic rings. The quantitative estimate of drug-likeness (QED) is 0.911. The van der Waals surface area contributed by atoms with Gasteiger partial charge in [-0.15, -0.1) is 12.4 Å². The largest absolute Gasteiger partial charge is 0.373 e. The van der Waals surface area contributed by atoms with E-state index in [1.807, 2.05) is 29.2 Å². The molecular weight excluding hydrogens is 288 g/mol. The smallest absolute Gasteiger partial charge is 0.254 e. The van der Waals surface area contributed by atoms with Crippen LogP contribution in [0.3, 0.4) is 0 Å². The Morgan fingerprint density at radius 3 is 2.48 bits per heavy atom. The van der Waals surface area contributed by atoms with Gasteiger partial charge < -0.3 is 15.4 Å². The molecule has 1 fully saturated rings. The number of morpholine rings is 1. The molecule has 1 aliphatic rings. The summed E-state index contributed by atoms with van der Waals surface area (Å²) in [5.74, 6) is 0.0622. The van der Waals surface area contributed by atoms with Crippen molar-refractivity contribution in [3.63, 3.8) is 0 Å². The third-order valence-corrected chi connectivity index (χ3v) is 3.69. The number of nitrogens with zero attached hydrogens (tertiary/aromatic N) is 1. The number of benzene rings is 1. The SMILES string of the molecule is CC(C)(C)c1ccc(C(=O)N2CCOC(CN)C2)cc1.Cl. The van der Waals surface area contributed by atoms with Crippen LogP contribution in [0.25, 0.3) is 0 Å². The first-order valence-corrected chi connectivity index (χ1v) is 7.13. The number of amides is 1. The van der Waals surface area contributed by atoms with Crippen LogP contribution in [0.2, 0.25) is 0 Å². The summed E-state index contributed by atoms with van der Waals surface area (Å²) >= 11 is 0. The van der Waals surface area contributed by atoms with Crippen molar-refractivity contribution in [1.29, 1.82) is 0 Å². The van der Waals surface area contributed by atoms with Crippen molar-refractivity contribution in [1.82, 2.24) is 4.90 Å². The van der Waals surface area contributed by atoms with E-state index >= 15 is 0 Å². The number of rotatable bonds is 2. The highest BCUT2D eigenvalue weighted by Crippen LogP contribution is 2.22. The number of carbonyl (C=O) groups excluding carboxylic acids is 1. The Morgan fingerprint density at radius 2 is 1.95 bits per heavy atom. The maximum atomic E-state index is 12.5. The van der Waals surface area contributed by atoms with Gasteiger partial charge in [0.05, 0.1) is 12.7 Å². The molecule has 1 atom stereocenters. The van der Waals surface area contributed by atoms with E-state index < -0.39 is 0 Å². The molecule has 0 radical (unpaired) electrons. The Morgan fingerprint density at radius 1 is 1.33 bits per heavy atom. The van der Waals surface area contributed by atoms with Crippen LogP contribution in [0.15, 0.2) is 24.3 Å². The predicted octanol–water partition coefficient (Wildman–Crippen LogP) is 2.21. The van der Waals surface area contributed by atoms with Gasteiger partial charge in [0, 0.05) is 25.2 Å². The summed E-state index contributed by atoms with van der Waals surface area (Å²) in [6, 6.07) is 7.90. The Bertz CT molecular complexity index is 468. The molecule has 1 aromatic carbocycles. The van der Waals surface area contributed by atoms with E-state index in [4.69, 9.17) is 10.5 Å². The Balaban J connectivity index is 0.00000220. The van der Waals surface area contributed by atoms with Crippen LogP contribution in [0.1, 0.15) is 36.7 Å². The highest BCUT2D eigenvalue weighted by Gasteiger charge is 2.24. The molecule has 0 saturated carbocycles. The van der Waals surface area contributed by atoms with Gasteiger partial charge in [-0.05, 0) is 23.1 Å². The first-order chi connectivity index (χ1) is 9.41. The van der Waals surface area contributed by atoms with Gasteiger partial charge in [0.25, 0.3) is 5.91 Å². The van der Waals surface area contributed by atoms with Crippen molar-refractivity contribution in [3.8, 4) is 0 Å². The van der Waals surface area contributed by atoms with E-state index in [2.05, 4.69) is 20.8 Å². The number of halogens is 1. The molecule has 1 amide bonds. The zero-order chi connectivity index (χ0) is 14.8. The average Bonchev–Trinajstić information content (AvgIpc) is 2.46. The van der Waals surface area contributed by atoms with Crippen molar-refractivity contribution in [3.05, 3.63) is 35.4 Å². The molecule has 1 saturated heterocycles. The minimum Gasteiger partial charge on any atom is -0.373 e. The van der Waals surface area contributed by atoms with Crippen molar-refractivity contribution in [2.45, 2.75) is 32.3 Å². The fraction of sp³-hybridized carbons (Fsp3) is 0.562. The number of hydrogen-bond acceptors (Lipinski definition) is 3. The highest BCUT2D eigenvalue weighted by molar-refractivity contribution is 5.94. The second kappa shape index (κ2) is 7.25. The van der Waals surface area contributed by atoms with Gasteiger partial charge in [-0.1, -0.05) is 32.9 Å². The van der Waals surface area contributed by atoms with E-state index in [9.17, 15) is 4.79 Å². The van der Waals surface area contributed by atoms with E-state index in [-0.39, 0.29) is 29.8 Å². The maximum absolute atomic E-state index is 12.5. The van der Waals surface area contributed by atoms with Crippen LogP contribution < -0.4 is 5.73 Å². The number of carbonyl (C=O) groups is 1. The fourth-order valence-electron chi connectivity index (χ4n) is 2.34. The molecule has 2 N–H and O–H groups in total. The van der Waals surface area contributed by atoms with Gasteiger partial charge in [-0.25, -0.2) is 0 Å². The zero-order valence-corrected chi connectivity index (χ0v) is 13.8. The Kier molecular flexibility index (Phi) is 6.20. The van der Waals surface area contributed by atoms with E-state index in [0.29, 0.717) is 26.2 Å². The normalized spacial score (nSPS) is 19.0. The molecule has 1 aliphatic heterocycles. The van der Waals surface area contributed by atoms with E-state index in [0.717, 1.165) is 5.56 Å². The van der Waals surface area contributed by atoms with Crippen molar-refractivity contribution in [2.75, 3.05) is 26.2 Å². The third-order valence-electron chi connectivity index (χ3n) is 3.69. The van der Waals surface area contributed by atoms with Gasteiger partial charge in [0.1, 0.15) is 0 Å². The van der Waals surface area contributed by atoms with Crippen LogP contribution in [0, 0.1) is 0 Å². The summed E-state index contributed by atoms with van der Waals surface area (Å²) in [5.41, 5.74) is 7.68. The summed E-state index contributed by atoms with van der Waals surface area (Å²) in [7, 11) is 0. The zero-order valence-electron chi connectivity index (χ0n) is 13.0. The lowest BCUT2D eigenvalue weighted by atomic mass is 9.86. The van der Waals surface area contributed by atoms with Crippen LogP contribution in [0.5, 0.6) is 0 Å². The second-order valence-electron chi connectivity index (χ2n) is 6.31. The van der Waals surface area contributed by atoms with Crippen molar-refractivity contribution >= 4 is 18.3 Å². The highest BCUT2D eigenvalue weighted by atomic mass is 35.5. The molecule has 0 spiro atoms. The molecule has 1 heterocycles. The number of ether oxygens (including phenoxy) is 1. The van der Waals surface area contributed by atoms with Crippen LogP contribution in [0.4, 0.5) is 0 Å². The summed E-state index contributed by atoms with van der Waals surface area (Å²) in [5, 5.41) is 0. The standard InChI is InChI=1S/C16H24N2O2.ClH/c1-16(2,3)13-6-4-12(5-7-13)15(19)18-8-9-20-14(10-17)11-18;/h4-7,14H,8-11,17H2,1-3H3;1H. The fourth-order valence-corrected chi connectivity index (χ4v) is 2.34. The predicted molar refractivity (Wildman–Crippen MR) is 87.1 cm³/mol. The second-order valence-corrected chi connectivity index (χ2v) is 6.31. The maximum Gasteiger partial charge on any atom is 0.254 e. The first-order valence-electron chi connectivity index (χ1n) is 7.13. The molecule has 118 valence electrons. The minimum absolute atomic E-state index is 0. The molecule has 21 heavy (non-hydrogen) atoms. The monoisotopic (exact) mass is 312 g/mol. The lowest BCUT2D eigenvalue weighted by molar-refractivity contribution is -0.0167. The summed E-state index contributed by atoms with van der Waals surface area (Å²) in [6.45, 7) is 8.72. The molecule has 0 aliphatic carbocycles. The summed E-state index contributed by atoms with van der Waals surface area (Å²) in [6.07, 6.45) is -0.0402. The van der Waals surface area contributed by atoms with Crippen LogP contribution in [-0.4, -0.2) is 43.2 Å². The summed E-state index contributed by atoms with van der Waals surface area (Å²) < 4.78 is 5.49. The van der Waals surface area contributed by atoms with Gasteiger partial charge in [-0.2, -0.15) is 0 Å². The van der Waals surface area contributed by atoms with Crippen LogP contribution in [-0.2, 0) is 10.2 Å².